The van der Waals surface area contributed by atoms with Crippen molar-refractivity contribution in [1.29, 1.82) is 5.26 Å². The van der Waals surface area contributed by atoms with E-state index in [0.29, 0.717) is 11.1 Å². The summed E-state index contributed by atoms with van der Waals surface area (Å²) in [4.78, 5) is 25.1. The molecule has 21 heavy (non-hydrogen) atoms. The summed E-state index contributed by atoms with van der Waals surface area (Å²) >= 11 is 0. The van der Waals surface area contributed by atoms with Crippen LogP contribution in [0.25, 0.3) is 0 Å². The molecule has 3 nitrogen and oxygen atoms in total. The first-order chi connectivity index (χ1) is 10.2. The minimum absolute atomic E-state index is 0.182. The summed E-state index contributed by atoms with van der Waals surface area (Å²) in [5, 5.41) is 8.75. The second-order valence-electron chi connectivity index (χ2n) is 4.71. The van der Waals surface area contributed by atoms with Gasteiger partial charge < -0.3 is 0 Å². The van der Waals surface area contributed by atoms with E-state index in [-0.39, 0.29) is 24.4 Å². The second-order valence-corrected chi connectivity index (χ2v) is 4.71. The second kappa shape index (κ2) is 7.16. The number of hydrogen-bond acceptors (Lipinski definition) is 3. The third-order valence-electron chi connectivity index (χ3n) is 3.29. The Kier molecular flexibility index (Phi) is 5.00. The SMILES string of the molecule is N#CCCC(C(=O)c1ccccc1)C(=O)c1ccccc1. The van der Waals surface area contributed by atoms with Crippen molar-refractivity contribution in [2.75, 3.05) is 0 Å². The molecular formula is C18H15NO2. The van der Waals surface area contributed by atoms with Gasteiger partial charge >= 0.3 is 0 Å². The van der Waals surface area contributed by atoms with E-state index in [2.05, 4.69) is 0 Å². The van der Waals surface area contributed by atoms with E-state index in [4.69, 9.17) is 5.26 Å². The number of nitriles is 1. The van der Waals surface area contributed by atoms with E-state index in [1.165, 1.54) is 0 Å². The monoisotopic (exact) mass is 277 g/mol. The number of ketones is 2. The first kappa shape index (κ1) is 14.7. The summed E-state index contributed by atoms with van der Waals surface area (Å²) in [5.41, 5.74) is 1.01. The Bertz CT molecular complexity index is 605. The number of benzene rings is 2. The summed E-state index contributed by atoms with van der Waals surface area (Å²) in [6, 6.07) is 19.5. The summed E-state index contributed by atoms with van der Waals surface area (Å²) in [7, 11) is 0. The van der Waals surface area contributed by atoms with Crippen LogP contribution in [0.5, 0.6) is 0 Å². The van der Waals surface area contributed by atoms with Gasteiger partial charge in [0.15, 0.2) is 11.6 Å². The minimum Gasteiger partial charge on any atom is -0.293 e. The fourth-order valence-corrected chi connectivity index (χ4v) is 2.20. The number of nitrogens with zero attached hydrogens (tertiary/aromatic N) is 1. The number of carbonyl (C=O) groups is 2. The summed E-state index contributed by atoms with van der Waals surface area (Å²) in [6.07, 6.45) is 0.430. The highest BCUT2D eigenvalue weighted by molar-refractivity contribution is 6.16. The number of carbonyl (C=O) groups excluding carboxylic acids is 2. The van der Waals surface area contributed by atoms with Crippen molar-refractivity contribution in [2.45, 2.75) is 12.8 Å². The molecule has 0 aromatic heterocycles. The third kappa shape index (κ3) is 3.64. The normalized spacial score (nSPS) is 10.1. The van der Waals surface area contributed by atoms with Crippen LogP contribution in [0.4, 0.5) is 0 Å². The van der Waals surface area contributed by atoms with Crippen molar-refractivity contribution in [3.05, 3.63) is 71.8 Å². The van der Waals surface area contributed by atoms with E-state index in [1.807, 2.05) is 18.2 Å². The van der Waals surface area contributed by atoms with Crippen molar-refractivity contribution in [1.82, 2.24) is 0 Å². The predicted molar refractivity (Wildman–Crippen MR) is 79.9 cm³/mol. The van der Waals surface area contributed by atoms with Gasteiger partial charge in [-0.3, -0.25) is 9.59 Å². The molecule has 0 saturated carbocycles. The lowest BCUT2D eigenvalue weighted by Crippen LogP contribution is -2.24. The van der Waals surface area contributed by atoms with Crippen molar-refractivity contribution in [2.24, 2.45) is 5.92 Å². The Balaban J connectivity index is 2.29. The van der Waals surface area contributed by atoms with Crippen LogP contribution in [0, 0.1) is 17.2 Å². The molecular weight excluding hydrogens is 262 g/mol. The molecule has 0 aliphatic heterocycles. The topological polar surface area (TPSA) is 57.9 Å². The van der Waals surface area contributed by atoms with Gasteiger partial charge in [0.25, 0.3) is 0 Å². The molecule has 0 atom stereocenters. The summed E-state index contributed by atoms with van der Waals surface area (Å²) in [6.45, 7) is 0. The highest BCUT2D eigenvalue weighted by atomic mass is 16.1. The Hall–Kier alpha value is -2.73. The van der Waals surface area contributed by atoms with E-state index in [9.17, 15) is 9.59 Å². The Labute approximate surface area is 123 Å². The molecule has 0 spiro atoms. The van der Waals surface area contributed by atoms with Crippen LogP contribution in [0.15, 0.2) is 60.7 Å². The first-order valence-corrected chi connectivity index (χ1v) is 6.79. The van der Waals surface area contributed by atoms with Crippen LogP contribution in [0.1, 0.15) is 33.6 Å². The average molecular weight is 277 g/mol. The Morgan fingerprint density at radius 3 is 1.67 bits per heavy atom. The molecule has 2 rings (SSSR count). The maximum absolute atomic E-state index is 12.5. The molecule has 0 fully saturated rings. The lowest BCUT2D eigenvalue weighted by atomic mass is 9.87. The first-order valence-electron chi connectivity index (χ1n) is 6.79. The molecule has 0 saturated heterocycles. The Morgan fingerprint density at radius 1 is 0.857 bits per heavy atom. The van der Waals surface area contributed by atoms with Crippen LogP contribution in [-0.4, -0.2) is 11.6 Å². The highest BCUT2D eigenvalue weighted by Gasteiger charge is 2.27. The van der Waals surface area contributed by atoms with Crippen LogP contribution in [0.3, 0.4) is 0 Å². The van der Waals surface area contributed by atoms with E-state index in [0.717, 1.165) is 0 Å². The molecule has 0 aliphatic carbocycles. The number of Topliss-reactive ketones (excluding diaryl/α,β-unsaturated/α-hetero) is 2. The van der Waals surface area contributed by atoms with Crippen LogP contribution >= 0.6 is 0 Å². The molecule has 0 bridgehead atoms. The van der Waals surface area contributed by atoms with Crippen molar-refractivity contribution in [3.8, 4) is 6.07 Å². The van der Waals surface area contributed by atoms with Crippen molar-refractivity contribution < 1.29 is 9.59 Å². The summed E-state index contributed by atoms with van der Waals surface area (Å²) in [5.74, 6) is -1.24. The van der Waals surface area contributed by atoms with Gasteiger partial charge in [-0.25, -0.2) is 0 Å². The van der Waals surface area contributed by atoms with Crippen molar-refractivity contribution in [3.63, 3.8) is 0 Å². The fourth-order valence-electron chi connectivity index (χ4n) is 2.20. The molecule has 0 unspecified atom stereocenters. The lowest BCUT2D eigenvalue weighted by molar-refractivity contribution is 0.0800. The lowest BCUT2D eigenvalue weighted by Gasteiger charge is -2.13. The maximum Gasteiger partial charge on any atom is 0.173 e. The van der Waals surface area contributed by atoms with Gasteiger partial charge in [-0.1, -0.05) is 60.7 Å². The molecule has 2 aromatic carbocycles. The van der Waals surface area contributed by atoms with Gasteiger partial charge in [0.05, 0.1) is 12.0 Å². The average Bonchev–Trinajstić information content (AvgIpc) is 2.56. The highest BCUT2D eigenvalue weighted by Crippen LogP contribution is 2.19. The van der Waals surface area contributed by atoms with Gasteiger partial charge in [-0.05, 0) is 6.42 Å². The van der Waals surface area contributed by atoms with Crippen LogP contribution in [-0.2, 0) is 0 Å². The number of rotatable bonds is 6. The standard InChI is InChI=1S/C18H15NO2/c19-13-7-12-16(17(20)14-8-3-1-4-9-14)18(21)15-10-5-2-6-11-15/h1-6,8-11,16H,7,12H2. The van der Waals surface area contributed by atoms with Crippen molar-refractivity contribution >= 4 is 11.6 Å². The Morgan fingerprint density at radius 2 is 1.29 bits per heavy atom. The molecule has 0 amide bonds. The zero-order valence-corrected chi connectivity index (χ0v) is 11.5. The zero-order valence-electron chi connectivity index (χ0n) is 11.5. The van der Waals surface area contributed by atoms with Crippen LogP contribution < -0.4 is 0 Å². The van der Waals surface area contributed by atoms with E-state index >= 15 is 0 Å². The number of hydrogen-bond donors (Lipinski definition) is 0. The fraction of sp³-hybridized carbons (Fsp3) is 0.167. The molecule has 0 N–H and O–H groups in total. The van der Waals surface area contributed by atoms with Crippen LogP contribution in [0.2, 0.25) is 0 Å². The quantitative estimate of drug-likeness (QED) is 0.598. The summed E-state index contributed by atoms with van der Waals surface area (Å²) < 4.78 is 0. The molecule has 3 heteroatoms. The molecule has 104 valence electrons. The largest absolute Gasteiger partial charge is 0.293 e. The van der Waals surface area contributed by atoms with E-state index < -0.39 is 5.92 Å². The third-order valence-corrected chi connectivity index (χ3v) is 3.29. The predicted octanol–water partition coefficient (Wildman–Crippen LogP) is 3.67. The molecule has 0 radical (unpaired) electrons. The molecule has 0 heterocycles. The molecule has 2 aromatic rings. The maximum atomic E-state index is 12.5. The van der Waals surface area contributed by atoms with E-state index in [1.54, 1.807) is 48.5 Å². The molecule has 0 aliphatic rings. The minimum atomic E-state index is -0.797. The van der Waals surface area contributed by atoms with Gasteiger partial charge in [-0.2, -0.15) is 5.26 Å². The van der Waals surface area contributed by atoms with Gasteiger partial charge in [-0.15, -0.1) is 0 Å². The van der Waals surface area contributed by atoms with Gasteiger partial charge in [0, 0.05) is 17.5 Å². The van der Waals surface area contributed by atoms with Gasteiger partial charge in [0.1, 0.15) is 0 Å². The van der Waals surface area contributed by atoms with Gasteiger partial charge in [0.2, 0.25) is 0 Å². The zero-order chi connectivity index (χ0) is 15.1. The smallest absolute Gasteiger partial charge is 0.173 e.